The Morgan fingerprint density at radius 3 is 1.71 bits per heavy atom. The molecule has 0 aliphatic rings. The van der Waals surface area contributed by atoms with Crippen molar-refractivity contribution in [2.75, 3.05) is 0 Å². The predicted molar refractivity (Wildman–Crippen MR) is 66.0 cm³/mol. The summed E-state index contributed by atoms with van der Waals surface area (Å²) in [5, 5.41) is 0. The minimum Gasteiger partial charge on any atom is -0.0683 e. The summed E-state index contributed by atoms with van der Waals surface area (Å²) in [4.78, 5) is 0. The molecule has 14 heavy (non-hydrogen) atoms. The van der Waals surface area contributed by atoms with Gasteiger partial charge in [-0.15, -0.1) is 0 Å². The van der Waals surface area contributed by atoms with E-state index in [9.17, 15) is 0 Å². The molecule has 1 rings (SSSR count). The van der Waals surface area contributed by atoms with Gasteiger partial charge in [-0.1, -0.05) is 52.8 Å². The summed E-state index contributed by atoms with van der Waals surface area (Å²) in [5.41, 5.74) is 4.47. The van der Waals surface area contributed by atoms with Gasteiger partial charge in [0.15, 0.2) is 0 Å². The summed E-state index contributed by atoms with van der Waals surface area (Å²) in [5.74, 6) is 0. The molecule has 1 aromatic carbocycles. The molecule has 0 heterocycles. The lowest BCUT2D eigenvalue weighted by molar-refractivity contribution is 0.589. The van der Waals surface area contributed by atoms with Crippen LogP contribution in [0.25, 0.3) is 0 Å². The van der Waals surface area contributed by atoms with Crippen LogP contribution < -0.4 is 0 Å². The minimum absolute atomic E-state index is 0.276. The Hall–Kier alpha value is -0.780. The molecule has 0 aliphatic heterocycles. The van der Waals surface area contributed by atoms with Crippen molar-refractivity contribution >= 4 is 0 Å². The molecule has 0 saturated carbocycles. The van der Waals surface area contributed by atoms with Crippen LogP contribution in [0.2, 0.25) is 0 Å². The number of rotatable bonds is 0. The SMILES string of the molecule is CC.Cc1ccc(C(C)(C)C)cc1C. The Morgan fingerprint density at radius 1 is 0.857 bits per heavy atom. The highest BCUT2D eigenvalue weighted by Crippen LogP contribution is 2.23. The molecule has 0 atom stereocenters. The van der Waals surface area contributed by atoms with Crippen molar-refractivity contribution in [3.05, 3.63) is 34.9 Å². The van der Waals surface area contributed by atoms with E-state index >= 15 is 0 Å². The summed E-state index contributed by atoms with van der Waals surface area (Å²) in [6.07, 6.45) is 0. The fourth-order valence-corrected chi connectivity index (χ4v) is 1.21. The molecule has 0 bridgehead atoms. The van der Waals surface area contributed by atoms with Gasteiger partial charge < -0.3 is 0 Å². The van der Waals surface area contributed by atoms with Crippen molar-refractivity contribution in [1.29, 1.82) is 0 Å². The van der Waals surface area contributed by atoms with E-state index < -0.39 is 0 Å². The average molecular weight is 192 g/mol. The van der Waals surface area contributed by atoms with Crippen LogP contribution in [0.1, 0.15) is 51.3 Å². The number of aryl methyl sites for hydroxylation is 2. The van der Waals surface area contributed by atoms with Crippen LogP contribution in [0.3, 0.4) is 0 Å². The zero-order valence-corrected chi connectivity index (χ0v) is 10.7. The molecule has 0 fully saturated rings. The van der Waals surface area contributed by atoms with Crippen LogP contribution in [-0.4, -0.2) is 0 Å². The maximum atomic E-state index is 2.29. The van der Waals surface area contributed by atoms with E-state index in [4.69, 9.17) is 0 Å². The molecule has 0 heteroatoms. The molecule has 0 aliphatic carbocycles. The lowest BCUT2D eigenvalue weighted by Gasteiger charge is -2.19. The topological polar surface area (TPSA) is 0 Å². The molecule has 0 saturated heterocycles. The van der Waals surface area contributed by atoms with Crippen molar-refractivity contribution < 1.29 is 0 Å². The van der Waals surface area contributed by atoms with Gasteiger partial charge in [0.05, 0.1) is 0 Å². The summed E-state index contributed by atoms with van der Waals surface area (Å²) >= 11 is 0. The molecular weight excluding hydrogens is 168 g/mol. The molecule has 0 aromatic heterocycles. The van der Waals surface area contributed by atoms with E-state index in [2.05, 4.69) is 52.8 Å². The molecule has 80 valence electrons. The smallest absolute Gasteiger partial charge is 0.0132 e. The van der Waals surface area contributed by atoms with Crippen LogP contribution in [0.15, 0.2) is 18.2 Å². The Kier molecular flexibility index (Phi) is 4.90. The van der Waals surface area contributed by atoms with Gasteiger partial charge in [0.1, 0.15) is 0 Å². The second-order valence-electron chi connectivity index (χ2n) is 4.55. The summed E-state index contributed by atoms with van der Waals surface area (Å²) in [6, 6.07) is 6.72. The molecular formula is C14H24. The average Bonchev–Trinajstić information content (AvgIpc) is 2.11. The molecule has 0 nitrogen and oxygen atoms in total. The van der Waals surface area contributed by atoms with Crippen LogP contribution >= 0.6 is 0 Å². The zero-order chi connectivity index (χ0) is 11.4. The van der Waals surface area contributed by atoms with Crippen molar-refractivity contribution in [1.82, 2.24) is 0 Å². The fourth-order valence-electron chi connectivity index (χ4n) is 1.21. The van der Waals surface area contributed by atoms with Gasteiger partial charge in [0.25, 0.3) is 0 Å². The number of hydrogen-bond acceptors (Lipinski definition) is 0. The maximum absolute atomic E-state index is 2.29. The highest BCUT2D eigenvalue weighted by Gasteiger charge is 2.13. The van der Waals surface area contributed by atoms with E-state index in [1.807, 2.05) is 13.8 Å². The van der Waals surface area contributed by atoms with Crippen LogP contribution in [0, 0.1) is 13.8 Å². The predicted octanol–water partition coefficient (Wildman–Crippen LogP) is 4.63. The largest absolute Gasteiger partial charge is 0.0683 e. The molecule has 1 aromatic rings. The summed E-state index contributed by atoms with van der Waals surface area (Å²) in [6.45, 7) is 15.1. The number of benzene rings is 1. The highest BCUT2D eigenvalue weighted by molar-refractivity contribution is 5.33. The van der Waals surface area contributed by atoms with Gasteiger partial charge in [-0.3, -0.25) is 0 Å². The van der Waals surface area contributed by atoms with Crippen LogP contribution in [0.4, 0.5) is 0 Å². The Balaban J connectivity index is 0.000000791. The first-order chi connectivity index (χ1) is 6.41. The number of hydrogen-bond donors (Lipinski definition) is 0. The quantitative estimate of drug-likeness (QED) is 0.562. The third-order valence-corrected chi connectivity index (χ3v) is 2.37. The van der Waals surface area contributed by atoms with Gasteiger partial charge in [-0.2, -0.15) is 0 Å². The van der Waals surface area contributed by atoms with Crippen molar-refractivity contribution in [3.8, 4) is 0 Å². The second kappa shape index (κ2) is 5.19. The maximum Gasteiger partial charge on any atom is -0.0132 e. The van der Waals surface area contributed by atoms with Crippen LogP contribution in [0.5, 0.6) is 0 Å². The highest BCUT2D eigenvalue weighted by atomic mass is 14.2. The van der Waals surface area contributed by atoms with E-state index in [0.29, 0.717) is 0 Å². The molecule has 0 spiro atoms. The third kappa shape index (κ3) is 3.53. The molecule has 0 amide bonds. The van der Waals surface area contributed by atoms with Gasteiger partial charge in [0.2, 0.25) is 0 Å². The Labute approximate surface area is 89.4 Å². The standard InChI is InChI=1S/C12H18.C2H6/c1-9-6-7-11(8-10(9)2)12(3,4)5;1-2/h6-8H,1-5H3;1-2H3. The van der Waals surface area contributed by atoms with Crippen molar-refractivity contribution in [3.63, 3.8) is 0 Å². The van der Waals surface area contributed by atoms with Gasteiger partial charge in [0, 0.05) is 0 Å². The summed E-state index contributed by atoms with van der Waals surface area (Å²) in [7, 11) is 0. The first-order valence-electron chi connectivity index (χ1n) is 5.49. The van der Waals surface area contributed by atoms with Gasteiger partial charge in [-0.05, 0) is 36.0 Å². The zero-order valence-electron chi connectivity index (χ0n) is 10.7. The van der Waals surface area contributed by atoms with Crippen molar-refractivity contribution in [2.24, 2.45) is 0 Å². The summed E-state index contributed by atoms with van der Waals surface area (Å²) < 4.78 is 0. The lowest BCUT2D eigenvalue weighted by Crippen LogP contribution is -2.11. The first kappa shape index (κ1) is 13.2. The Bertz CT molecular complexity index is 277. The van der Waals surface area contributed by atoms with E-state index in [1.54, 1.807) is 0 Å². The van der Waals surface area contributed by atoms with E-state index in [-0.39, 0.29) is 5.41 Å². The van der Waals surface area contributed by atoms with Gasteiger partial charge >= 0.3 is 0 Å². The second-order valence-corrected chi connectivity index (χ2v) is 4.55. The third-order valence-electron chi connectivity index (χ3n) is 2.37. The van der Waals surface area contributed by atoms with Crippen molar-refractivity contribution in [2.45, 2.75) is 53.9 Å². The Morgan fingerprint density at radius 2 is 1.36 bits per heavy atom. The monoisotopic (exact) mass is 192 g/mol. The van der Waals surface area contributed by atoms with Gasteiger partial charge in [-0.25, -0.2) is 0 Å². The van der Waals surface area contributed by atoms with E-state index in [1.165, 1.54) is 16.7 Å². The molecule has 0 N–H and O–H groups in total. The molecule has 0 unspecified atom stereocenters. The lowest BCUT2D eigenvalue weighted by atomic mass is 9.85. The minimum atomic E-state index is 0.276. The van der Waals surface area contributed by atoms with E-state index in [0.717, 1.165) is 0 Å². The normalized spacial score (nSPS) is 10.5. The van der Waals surface area contributed by atoms with Crippen LogP contribution in [-0.2, 0) is 5.41 Å². The first-order valence-corrected chi connectivity index (χ1v) is 5.49. The molecule has 0 radical (unpaired) electrons. The fraction of sp³-hybridized carbons (Fsp3) is 0.571.